The van der Waals surface area contributed by atoms with Crippen LogP contribution < -0.4 is 0 Å². The van der Waals surface area contributed by atoms with E-state index in [4.69, 9.17) is 12.2 Å². The normalized spacial score (nSPS) is 16.1. The van der Waals surface area contributed by atoms with Crippen LogP contribution in [0.4, 0.5) is 5.00 Å². The fraction of sp³-hybridized carbons (Fsp3) is 0.125. The van der Waals surface area contributed by atoms with Crippen LogP contribution in [0.1, 0.15) is 4.88 Å². The van der Waals surface area contributed by atoms with Crippen LogP contribution >= 0.6 is 35.3 Å². The third kappa shape index (κ3) is 2.68. The number of hydrazone groups is 1. The van der Waals surface area contributed by atoms with Gasteiger partial charge in [-0.05, 0) is 6.07 Å². The number of rotatable bonds is 3. The van der Waals surface area contributed by atoms with Gasteiger partial charge in [0.2, 0.25) is 0 Å². The van der Waals surface area contributed by atoms with Crippen molar-refractivity contribution in [1.29, 1.82) is 0 Å². The van der Waals surface area contributed by atoms with Crippen LogP contribution in [-0.2, 0) is 4.79 Å². The van der Waals surface area contributed by atoms with Crippen molar-refractivity contribution in [2.45, 2.75) is 0 Å². The van der Waals surface area contributed by atoms with Crippen molar-refractivity contribution in [1.82, 2.24) is 5.01 Å². The van der Waals surface area contributed by atoms with Gasteiger partial charge in [-0.15, -0.1) is 0 Å². The van der Waals surface area contributed by atoms with Gasteiger partial charge in [-0.2, -0.15) is 10.1 Å². The van der Waals surface area contributed by atoms with Crippen molar-refractivity contribution in [3.8, 4) is 0 Å². The van der Waals surface area contributed by atoms with Crippen molar-refractivity contribution >= 4 is 56.8 Å². The lowest BCUT2D eigenvalue weighted by Crippen LogP contribution is -2.22. The van der Waals surface area contributed by atoms with Crippen LogP contribution in [0.5, 0.6) is 0 Å². The van der Waals surface area contributed by atoms with E-state index < -0.39 is 4.92 Å². The maximum Gasteiger partial charge on any atom is 0.324 e. The molecule has 1 fully saturated rings. The lowest BCUT2D eigenvalue weighted by molar-refractivity contribution is -0.380. The average Bonchev–Trinajstić information content (AvgIpc) is 2.85. The second-order valence-corrected chi connectivity index (χ2v) is 5.64. The van der Waals surface area contributed by atoms with Gasteiger partial charge in [-0.25, -0.2) is 0 Å². The predicted molar refractivity (Wildman–Crippen MR) is 70.5 cm³/mol. The third-order valence-electron chi connectivity index (χ3n) is 1.82. The SMILES string of the molecule is O=C1CSC(=S)N1/N=C/c1ccc([N+](=O)[O-])s1. The molecule has 1 aromatic rings. The summed E-state index contributed by atoms with van der Waals surface area (Å²) < 4.78 is 0.400. The number of thiocarbonyl (C=S) groups is 1. The van der Waals surface area contributed by atoms with Crippen LogP contribution in [0, 0.1) is 10.1 Å². The van der Waals surface area contributed by atoms with E-state index in [9.17, 15) is 14.9 Å². The number of nitrogens with zero attached hydrogens (tertiary/aromatic N) is 3. The van der Waals surface area contributed by atoms with Crippen molar-refractivity contribution in [3.05, 3.63) is 27.1 Å². The van der Waals surface area contributed by atoms with E-state index in [1.165, 1.54) is 24.0 Å². The summed E-state index contributed by atoms with van der Waals surface area (Å²) in [5, 5.41) is 15.5. The fourth-order valence-electron chi connectivity index (χ4n) is 1.08. The highest BCUT2D eigenvalue weighted by atomic mass is 32.2. The molecular formula is C8H5N3O3S3. The predicted octanol–water partition coefficient (Wildman–Crippen LogP) is 1.85. The zero-order valence-corrected chi connectivity index (χ0v) is 10.7. The van der Waals surface area contributed by atoms with Crippen molar-refractivity contribution < 1.29 is 9.72 Å². The lowest BCUT2D eigenvalue weighted by Gasteiger charge is -2.05. The summed E-state index contributed by atoms with van der Waals surface area (Å²) in [5.74, 6) is 0.114. The van der Waals surface area contributed by atoms with Crippen LogP contribution in [-0.4, -0.2) is 32.1 Å². The number of carbonyl (C=O) groups is 1. The maximum atomic E-state index is 11.3. The number of thiophene rings is 1. The molecule has 9 heteroatoms. The van der Waals surface area contributed by atoms with Gasteiger partial charge in [0.05, 0.1) is 21.8 Å². The molecule has 2 heterocycles. The average molecular weight is 287 g/mol. The minimum Gasteiger partial charge on any atom is -0.272 e. The Kier molecular flexibility index (Phi) is 3.50. The minimum atomic E-state index is -0.469. The van der Waals surface area contributed by atoms with Crippen LogP contribution in [0.25, 0.3) is 0 Å². The quantitative estimate of drug-likeness (QED) is 0.367. The van der Waals surface area contributed by atoms with Crippen molar-refractivity contribution in [3.63, 3.8) is 0 Å². The summed E-state index contributed by atoms with van der Waals surface area (Å²) in [7, 11) is 0. The summed E-state index contributed by atoms with van der Waals surface area (Å²) in [6.45, 7) is 0. The molecule has 17 heavy (non-hydrogen) atoms. The zero-order valence-electron chi connectivity index (χ0n) is 8.23. The van der Waals surface area contributed by atoms with Gasteiger partial charge >= 0.3 is 5.00 Å². The molecule has 0 saturated carbocycles. The first-order valence-electron chi connectivity index (χ1n) is 4.36. The third-order valence-corrected chi connectivity index (χ3v) is 4.13. The topological polar surface area (TPSA) is 75.8 Å². The van der Waals surface area contributed by atoms with E-state index in [0.29, 0.717) is 15.0 Å². The van der Waals surface area contributed by atoms with Gasteiger partial charge in [0.15, 0.2) is 4.32 Å². The molecule has 1 aliphatic heterocycles. The highest BCUT2D eigenvalue weighted by Crippen LogP contribution is 2.23. The molecule has 1 aliphatic rings. The Morgan fingerprint density at radius 3 is 2.88 bits per heavy atom. The highest BCUT2D eigenvalue weighted by molar-refractivity contribution is 8.23. The molecule has 0 unspecified atom stereocenters. The van der Waals surface area contributed by atoms with Gasteiger partial charge < -0.3 is 0 Å². The van der Waals surface area contributed by atoms with Crippen molar-refractivity contribution in [2.75, 3.05) is 5.75 Å². The zero-order chi connectivity index (χ0) is 12.4. The second kappa shape index (κ2) is 4.90. The van der Waals surface area contributed by atoms with Gasteiger partial charge in [0.1, 0.15) is 0 Å². The number of hydrogen-bond donors (Lipinski definition) is 0. The van der Waals surface area contributed by atoms with Crippen LogP contribution in [0.15, 0.2) is 17.2 Å². The summed E-state index contributed by atoms with van der Waals surface area (Å²) in [5.41, 5.74) is 0. The molecule has 2 rings (SSSR count). The van der Waals surface area contributed by atoms with Gasteiger partial charge in [0.25, 0.3) is 5.91 Å². The van der Waals surface area contributed by atoms with Gasteiger partial charge in [-0.3, -0.25) is 14.9 Å². The molecular weight excluding hydrogens is 282 g/mol. The highest BCUT2D eigenvalue weighted by Gasteiger charge is 2.26. The van der Waals surface area contributed by atoms with Crippen LogP contribution in [0.2, 0.25) is 0 Å². The van der Waals surface area contributed by atoms with Crippen LogP contribution in [0.3, 0.4) is 0 Å². The summed E-state index contributed by atoms with van der Waals surface area (Å²) in [4.78, 5) is 21.9. The van der Waals surface area contributed by atoms with Gasteiger partial charge in [-0.1, -0.05) is 35.3 Å². The largest absolute Gasteiger partial charge is 0.324 e. The van der Waals surface area contributed by atoms with Crippen molar-refractivity contribution in [2.24, 2.45) is 5.10 Å². The Bertz CT molecular complexity index is 509. The standard InChI is InChI=1S/C8H5N3O3S3/c12-6-4-16-8(15)10(6)9-3-5-1-2-7(17-5)11(13)14/h1-3H,4H2/b9-3+. The molecule has 0 aliphatic carbocycles. The number of amides is 1. The van der Waals surface area contributed by atoms with E-state index in [2.05, 4.69) is 5.10 Å². The van der Waals surface area contributed by atoms with E-state index in [1.807, 2.05) is 0 Å². The van der Waals surface area contributed by atoms with Gasteiger partial charge in [0, 0.05) is 6.07 Å². The molecule has 1 aromatic heterocycles. The monoisotopic (exact) mass is 287 g/mol. The lowest BCUT2D eigenvalue weighted by atomic mass is 10.5. The molecule has 1 saturated heterocycles. The first kappa shape index (κ1) is 12.1. The summed E-state index contributed by atoms with van der Waals surface area (Å²) >= 11 is 7.17. The minimum absolute atomic E-state index is 0.0381. The number of hydrogen-bond acceptors (Lipinski definition) is 7. The Labute approximate surface area is 109 Å². The molecule has 0 bridgehead atoms. The molecule has 1 amide bonds. The maximum absolute atomic E-state index is 11.3. The molecule has 0 spiro atoms. The molecule has 88 valence electrons. The molecule has 0 atom stereocenters. The smallest absolute Gasteiger partial charge is 0.272 e. The fourth-order valence-corrected chi connectivity index (χ4v) is 2.74. The Morgan fingerprint density at radius 1 is 1.59 bits per heavy atom. The van der Waals surface area contributed by atoms with E-state index in [1.54, 1.807) is 6.07 Å². The Balaban J connectivity index is 2.12. The number of carbonyl (C=O) groups excluding carboxylic acids is 1. The molecule has 0 radical (unpaired) electrons. The first-order chi connectivity index (χ1) is 8.08. The summed E-state index contributed by atoms with van der Waals surface area (Å²) in [6, 6.07) is 2.97. The molecule has 0 aromatic carbocycles. The molecule has 0 N–H and O–H groups in total. The van der Waals surface area contributed by atoms with E-state index in [-0.39, 0.29) is 10.9 Å². The Morgan fingerprint density at radius 2 is 2.35 bits per heavy atom. The molecule has 6 nitrogen and oxygen atoms in total. The first-order valence-corrected chi connectivity index (χ1v) is 6.57. The van der Waals surface area contributed by atoms with E-state index >= 15 is 0 Å². The number of nitro groups is 1. The van der Waals surface area contributed by atoms with E-state index in [0.717, 1.165) is 16.3 Å². The summed E-state index contributed by atoms with van der Waals surface area (Å²) in [6.07, 6.45) is 1.40. The Hall–Kier alpha value is -1.32. The second-order valence-electron chi connectivity index (χ2n) is 2.94. The number of thioether (sulfide) groups is 1.